The molecular formula is C18H19NO5S. The highest BCUT2D eigenvalue weighted by Crippen LogP contribution is 2.13. The summed E-state index contributed by atoms with van der Waals surface area (Å²) >= 11 is 0. The molecule has 1 atom stereocenters. The summed E-state index contributed by atoms with van der Waals surface area (Å²) in [6.45, 7) is 3.37. The van der Waals surface area contributed by atoms with Crippen molar-refractivity contribution in [1.29, 1.82) is 0 Å². The van der Waals surface area contributed by atoms with E-state index in [2.05, 4.69) is 5.32 Å². The minimum Gasteiger partial charge on any atom is -0.449 e. The minimum absolute atomic E-state index is 0.106. The van der Waals surface area contributed by atoms with E-state index < -0.39 is 27.8 Å². The number of hydrogen-bond donors (Lipinski definition) is 1. The molecule has 6 nitrogen and oxygen atoms in total. The average Bonchev–Trinajstić information content (AvgIpc) is 2.54. The van der Waals surface area contributed by atoms with Crippen molar-refractivity contribution in [2.45, 2.75) is 24.8 Å². The van der Waals surface area contributed by atoms with Gasteiger partial charge in [-0.15, -0.1) is 0 Å². The first-order valence-electron chi connectivity index (χ1n) is 7.55. The molecule has 0 aromatic heterocycles. The molecule has 2 aromatic rings. The van der Waals surface area contributed by atoms with Gasteiger partial charge in [0.15, 0.2) is 15.9 Å². The number of anilines is 1. The van der Waals surface area contributed by atoms with Crippen LogP contribution in [0.1, 0.15) is 22.8 Å². The summed E-state index contributed by atoms with van der Waals surface area (Å²) in [5.74, 6) is -1.15. The number of hydrogen-bond acceptors (Lipinski definition) is 5. The second kappa shape index (κ2) is 7.48. The zero-order valence-electron chi connectivity index (χ0n) is 14.1. The number of aryl methyl sites for hydroxylation is 1. The molecule has 1 amide bonds. The van der Waals surface area contributed by atoms with Gasteiger partial charge >= 0.3 is 5.97 Å². The maximum atomic E-state index is 12.1. The van der Waals surface area contributed by atoms with Gasteiger partial charge < -0.3 is 10.1 Å². The molecule has 132 valence electrons. The molecule has 0 spiro atoms. The van der Waals surface area contributed by atoms with E-state index in [9.17, 15) is 18.0 Å². The third-order valence-corrected chi connectivity index (χ3v) is 4.59. The van der Waals surface area contributed by atoms with E-state index in [1.165, 1.54) is 31.2 Å². The van der Waals surface area contributed by atoms with Gasteiger partial charge in [0.1, 0.15) is 0 Å². The van der Waals surface area contributed by atoms with Gasteiger partial charge in [-0.25, -0.2) is 13.2 Å². The van der Waals surface area contributed by atoms with E-state index >= 15 is 0 Å². The molecule has 2 rings (SSSR count). The molecule has 1 N–H and O–H groups in total. The normalized spacial score (nSPS) is 12.3. The van der Waals surface area contributed by atoms with Crippen LogP contribution in [0, 0.1) is 6.92 Å². The Balaban J connectivity index is 2.00. The zero-order valence-corrected chi connectivity index (χ0v) is 15.0. The highest BCUT2D eigenvalue weighted by atomic mass is 32.2. The van der Waals surface area contributed by atoms with E-state index in [-0.39, 0.29) is 10.5 Å². The van der Waals surface area contributed by atoms with Crippen LogP contribution in [0.5, 0.6) is 0 Å². The number of carbonyl (C=O) groups excluding carboxylic acids is 2. The van der Waals surface area contributed by atoms with Crippen molar-refractivity contribution < 1.29 is 22.7 Å². The number of sulfone groups is 1. The highest BCUT2D eigenvalue weighted by Gasteiger charge is 2.19. The molecule has 7 heteroatoms. The summed E-state index contributed by atoms with van der Waals surface area (Å²) in [5.41, 5.74) is 1.78. The first-order valence-corrected chi connectivity index (χ1v) is 9.44. The van der Waals surface area contributed by atoms with Crippen molar-refractivity contribution in [1.82, 2.24) is 0 Å². The number of nitrogens with one attached hydrogen (secondary N) is 1. The number of carbonyl (C=O) groups is 2. The van der Waals surface area contributed by atoms with Gasteiger partial charge in [-0.3, -0.25) is 4.79 Å². The monoisotopic (exact) mass is 361 g/mol. The number of ether oxygens (including phenoxy) is 1. The summed E-state index contributed by atoms with van der Waals surface area (Å²) in [4.78, 5) is 24.3. The van der Waals surface area contributed by atoms with E-state index in [0.29, 0.717) is 5.69 Å². The highest BCUT2D eigenvalue weighted by molar-refractivity contribution is 7.90. The first kappa shape index (κ1) is 18.7. The SMILES string of the molecule is Cc1cccc(NC(=O)[C@@H](C)OC(=O)c2ccc(S(C)(=O)=O)cc2)c1. The quantitative estimate of drug-likeness (QED) is 0.827. The summed E-state index contributed by atoms with van der Waals surface area (Å²) in [6, 6.07) is 12.6. The Morgan fingerprint density at radius 3 is 2.28 bits per heavy atom. The lowest BCUT2D eigenvalue weighted by atomic mass is 10.2. The maximum Gasteiger partial charge on any atom is 0.338 e. The van der Waals surface area contributed by atoms with Crippen LogP contribution in [0.15, 0.2) is 53.4 Å². The smallest absolute Gasteiger partial charge is 0.338 e. The van der Waals surface area contributed by atoms with Crippen molar-refractivity contribution in [3.63, 3.8) is 0 Å². The topological polar surface area (TPSA) is 89.5 Å². The van der Waals surface area contributed by atoms with Gasteiger partial charge in [0, 0.05) is 11.9 Å². The summed E-state index contributed by atoms with van der Waals surface area (Å²) in [6.07, 6.45) is 0.0838. The molecule has 0 aliphatic heterocycles. The van der Waals surface area contributed by atoms with E-state index in [4.69, 9.17) is 4.74 Å². The van der Waals surface area contributed by atoms with Gasteiger partial charge in [0.2, 0.25) is 0 Å². The number of benzene rings is 2. The molecule has 0 radical (unpaired) electrons. The van der Waals surface area contributed by atoms with Crippen LogP contribution in [0.3, 0.4) is 0 Å². The molecule has 0 saturated carbocycles. The lowest BCUT2D eigenvalue weighted by molar-refractivity contribution is -0.123. The third kappa shape index (κ3) is 5.15. The molecule has 0 aliphatic rings. The Hall–Kier alpha value is -2.67. The summed E-state index contributed by atoms with van der Waals surface area (Å²) in [7, 11) is -3.34. The maximum absolute atomic E-state index is 12.1. The average molecular weight is 361 g/mol. The first-order chi connectivity index (χ1) is 11.7. The number of amides is 1. The lowest BCUT2D eigenvalue weighted by Crippen LogP contribution is -2.30. The fourth-order valence-corrected chi connectivity index (χ4v) is 2.72. The molecule has 2 aromatic carbocycles. The predicted molar refractivity (Wildman–Crippen MR) is 94.2 cm³/mol. The molecular weight excluding hydrogens is 342 g/mol. The fraction of sp³-hybridized carbons (Fsp3) is 0.222. The van der Waals surface area contributed by atoms with E-state index in [1.54, 1.807) is 12.1 Å². The molecule has 0 unspecified atom stereocenters. The standard InChI is InChI=1S/C18H19NO5S/c1-12-5-4-6-15(11-12)19-17(20)13(2)24-18(21)14-7-9-16(10-8-14)25(3,22)23/h4-11,13H,1-3H3,(H,19,20)/t13-/m1/s1. The van der Waals surface area contributed by atoms with E-state index in [0.717, 1.165) is 11.8 Å². The van der Waals surface area contributed by atoms with Gasteiger partial charge in [-0.2, -0.15) is 0 Å². The van der Waals surface area contributed by atoms with Crippen LogP contribution >= 0.6 is 0 Å². The van der Waals surface area contributed by atoms with Crippen LogP contribution in [0.4, 0.5) is 5.69 Å². The van der Waals surface area contributed by atoms with Crippen LogP contribution < -0.4 is 5.32 Å². The van der Waals surface area contributed by atoms with Gasteiger partial charge in [0.05, 0.1) is 10.5 Å². The Bertz CT molecular complexity index is 888. The zero-order chi connectivity index (χ0) is 18.6. The molecule has 0 bridgehead atoms. The molecule has 0 heterocycles. The third-order valence-electron chi connectivity index (χ3n) is 3.46. The van der Waals surface area contributed by atoms with Crippen molar-refractivity contribution in [3.05, 3.63) is 59.7 Å². The largest absolute Gasteiger partial charge is 0.449 e. The molecule has 0 fully saturated rings. The Morgan fingerprint density at radius 2 is 1.72 bits per heavy atom. The van der Waals surface area contributed by atoms with Gasteiger partial charge in [-0.1, -0.05) is 12.1 Å². The summed E-state index contributed by atoms with van der Waals surface area (Å²) < 4.78 is 27.9. The summed E-state index contributed by atoms with van der Waals surface area (Å²) in [5, 5.41) is 2.67. The molecule has 25 heavy (non-hydrogen) atoms. The van der Waals surface area contributed by atoms with Crippen LogP contribution in [-0.2, 0) is 19.4 Å². The van der Waals surface area contributed by atoms with Gasteiger partial charge in [-0.05, 0) is 55.8 Å². The van der Waals surface area contributed by atoms with Crippen molar-refractivity contribution in [3.8, 4) is 0 Å². The Labute approximate surface area is 146 Å². The van der Waals surface area contributed by atoms with Crippen LogP contribution in [0.2, 0.25) is 0 Å². The Morgan fingerprint density at radius 1 is 1.08 bits per heavy atom. The molecule has 0 aliphatic carbocycles. The van der Waals surface area contributed by atoms with Crippen LogP contribution in [-0.4, -0.2) is 32.7 Å². The fourth-order valence-electron chi connectivity index (χ4n) is 2.09. The second-order valence-electron chi connectivity index (χ2n) is 5.70. The van der Waals surface area contributed by atoms with E-state index in [1.807, 2.05) is 19.1 Å². The van der Waals surface area contributed by atoms with Crippen molar-refractivity contribution >= 4 is 27.4 Å². The number of rotatable bonds is 5. The second-order valence-corrected chi connectivity index (χ2v) is 7.72. The predicted octanol–water partition coefficient (Wildman–Crippen LogP) is 2.58. The van der Waals surface area contributed by atoms with Gasteiger partial charge in [0.25, 0.3) is 5.91 Å². The number of esters is 1. The minimum atomic E-state index is -3.34. The lowest BCUT2D eigenvalue weighted by Gasteiger charge is -2.14. The van der Waals surface area contributed by atoms with Crippen molar-refractivity contribution in [2.75, 3.05) is 11.6 Å². The molecule has 0 saturated heterocycles. The van der Waals surface area contributed by atoms with Crippen molar-refractivity contribution in [2.24, 2.45) is 0 Å². The Kier molecular flexibility index (Phi) is 5.58. The van der Waals surface area contributed by atoms with Crippen LogP contribution in [0.25, 0.3) is 0 Å².